The number of likely N-dealkylation sites (tertiary alicyclic amines) is 1. The highest BCUT2D eigenvalue weighted by atomic mass is 35.5. The molecule has 1 fully saturated rings. The third-order valence-corrected chi connectivity index (χ3v) is 5.20. The van der Waals surface area contributed by atoms with Crippen LogP contribution in [0.5, 0.6) is 0 Å². The summed E-state index contributed by atoms with van der Waals surface area (Å²) < 4.78 is 1.43. The highest BCUT2D eigenvalue weighted by molar-refractivity contribution is 6.30. The van der Waals surface area contributed by atoms with Crippen LogP contribution in [0.15, 0.2) is 30.5 Å². The Kier molecular flexibility index (Phi) is 6.11. The van der Waals surface area contributed by atoms with Gasteiger partial charge < -0.3 is 9.80 Å². The summed E-state index contributed by atoms with van der Waals surface area (Å²) in [5.41, 5.74) is 1.42. The van der Waals surface area contributed by atoms with Crippen molar-refractivity contribution in [2.75, 3.05) is 26.2 Å². The summed E-state index contributed by atoms with van der Waals surface area (Å²) >= 11 is 6.07. The van der Waals surface area contributed by atoms with Gasteiger partial charge in [0.05, 0.1) is 6.20 Å². The van der Waals surface area contributed by atoms with E-state index >= 15 is 0 Å². The Morgan fingerprint density at radius 1 is 1.30 bits per heavy atom. The topological polar surface area (TPSA) is 71.3 Å². The van der Waals surface area contributed by atoms with Crippen LogP contribution in [-0.2, 0) is 11.3 Å². The molecule has 2 heterocycles. The number of likely N-dealkylation sites (N-methyl/N-ethyl adjacent to an activating group) is 1. The van der Waals surface area contributed by atoms with Gasteiger partial charge in [-0.2, -0.15) is 0 Å². The van der Waals surface area contributed by atoms with Crippen molar-refractivity contribution in [1.29, 1.82) is 0 Å². The number of nitrogens with zero attached hydrogens (tertiary/aromatic N) is 5. The molecule has 0 N–H and O–H groups in total. The van der Waals surface area contributed by atoms with Crippen molar-refractivity contribution >= 4 is 23.4 Å². The normalized spacial score (nSPS) is 16.6. The van der Waals surface area contributed by atoms with Crippen LogP contribution in [0.3, 0.4) is 0 Å². The number of aromatic nitrogens is 3. The van der Waals surface area contributed by atoms with Crippen LogP contribution in [-0.4, -0.2) is 62.8 Å². The van der Waals surface area contributed by atoms with E-state index in [0.717, 1.165) is 12.0 Å². The Bertz CT molecular complexity index is 818. The van der Waals surface area contributed by atoms with E-state index < -0.39 is 0 Å². The standard InChI is InChI=1S/C19H24ClN5O2/c1-3-23(4-2)18(26)13-25-12-17(21-22-25)19(27)24-9-8-15(11-24)14-6-5-7-16(20)10-14/h5-7,10,12,15H,3-4,8-9,11,13H2,1-2H3/t15-/m0/s1. The van der Waals surface area contributed by atoms with Gasteiger partial charge in [0.25, 0.3) is 5.91 Å². The number of benzene rings is 1. The first-order valence-corrected chi connectivity index (χ1v) is 9.62. The van der Waals surface area contributed by atoms with Gasteiger partial charge in [0.15, 0.2) is 5.69 Å². The lowest BCUT2D eigenvalue weighted by molar-refractivity contribution is -0.131. The maximum atomic E-state index is 12.7. The van der Waals surface area contributed by atoms with Gasteiger partial charge in [-0.1, -0.05) is 28.9 Å². The van der Waals surface area contributed by atoms with Crippen molar-refractivity contribution in [3.05, 3.63) is 46.7 Å². The molecule has 0 spiro atoms. The molecule has 27 heavy (non-hydrogen) atoms. The number of carbonyl (C=O) groups excluding carboxylic acids is 2. The predicted molar refractivity (Wildman–Crippen MR) is 103 cm³/mol. The summed E-state index contributed by atoms with van der Waals surface area (Å²) in [6.07, 6.45) is 2.44. The maximum Gasteiger partial charge on any atom is 0.276 e. The van der Waals surface area contributed by atoms with E-state index in [4.69, 9.17) is 11.6 Å². The van der Waals surface area contributed by atoms with Crippen LogP contribution in [0.4, 0.5) is 0 Å². The Balaban J connectivity index is 1.62. The van der Waals surface area contributed by atoms with Crippen molar-refractivity contribution in [3.8, 4) is 0 Å². The lowest BCUT2D eigenvalue weighted by Gasteiger charge is -2.18. The van der Waals surface area contributed by atoms with Crippen LogP contribution >= 0.6 is 11.6 Å². The molecule has 2 aromatic rings. The number of halogens is 1. The summed E-state index contributed by atoms with van der Waals surface area (Å²) in [5, 5.41) is 8.62. The highest BCUT2D eigenvalue weighted by Gasteiger charge is 2.29. The van der Waals surface area contributed by atoms with Crippen molar-refractivity contribution in [3.63, 3.8) is 0 Å². The molecule has 0 aliphatic carbocycles. The first-order valence-electron chi connectivity index (χ1n) is 9.24. The molecule has 7 nitrogen and oxygen atoms in total. The lowest BCUT2D eigenvalue weighted by atomic mass is 9.99. The minimum absolute atomic E-state index is 0.0360. The molecule has 0 unspecified atom stereocenters. The van der Waals surface area contributed by atoms with E-state index in [9.17, 15) is 9.59 Å². The first kappa shape index (κ1) is 19.4. The second kappa shape index (κ2) is 8.52. The molecule has 1 aromatic heterocycles. The van der Waals surface area contributed by atoms with Gasteiger partial charge in [-0.15, -0.1) is 5.10 Å². The van der Waals surface area contributed by atoms with Gasteiger partial charge in [0.1, 0.15) is 6.54 Å². The molecule has 1 aromatic carbocycles. The van der Waals surface area contributed by atoms with Gasteiger partial charge in [-0.25, -0.2) is 4.68 Å². The lowest BCUT2D eigenvalue weighted by Crippen LogP contribution is -2.33. The number of amides is 2. The van der Waals surface area contributed by atoms with Crippen LogP contribution in [0.25, 0.3) is 0 Å². The second-order valence-corrected chi connectivity index (χ2v) is 7.10. The molecular formula is C19H24ClN5O2. The molecule has 0 saturated carbocycles. The van der Waals surface area contributed by atoms with Gasteiger partial charge >= 0.3 is 0 Å². The smallest absolute Gasteiger partial charge is 0.276 e. The minimum atomic E-state index is -0.152. The van der Waals surface area contributed by atoms with Crippen LogP contribution < -0.4 is 0 Å². The molecule has 1 saturated heterocycles. The Labute approximate surface area is 163 Å². The van der Waals surface area contributed by atoms with Crippen molar-refractivity contribution in [2.45, 2.75) is 32.7 Å². The van der Waals surface area contributed by atoms with Gasteiger partial charge in [0, 0.05) is 37.1 Å². The first-order chi connectivity index (χ1) is 13.0. The van der Waals surface area contributed by atoms with E-state index in [1.807, 2.05) is 38.1 Å². The quantitative estimate of drug-likeness (QED) is 0.760. The molecule has 0 radical (unpaired) electrons. The summed E-state index contributed by atoms with van der Waals surface area (Å²) in [6, 6.07) is 7.77. The van der Waals surface area contributed by atoms with Crippen molar-refractivity contribution in [2.24, 2.45) is 0 Å². The zero-order chi connectivity index (χ0) is 19.4. The third-order valence-electron chi connectivity index (χ3n) is 4.97. The zero-order valence-electron chi connectivity index (χ0n) is 15.6. The molecule has 2 amide bonds. The van der Waals surface area contributed by atoms with E-state index in [1.165, 1.54) is 4.68 Å². The minimum Gasteiger partial charge on any atom is -0.342 e. The Morgan fingerprint density at radius 2 is 2.07 bits per heavy atom. The number of hydrogen-bond donors (Lipinski definition) is 0. The third kappa shape index (κ3) is 4.47. The van der Waals surface area contributed by atoms with E-state index in [-0.39, 0.29) is 30.0 Å². The van der Waals surface area contributed by atoms with E-state index in [1.54, 1.807) is 16.0 Å². The number of hydrogen-bond acceptors (Lipinski definition) is 4. The summed E-state index contributed by atoms with van der Waals surface area (Å²) in [5.74, 6) is 0.0825. The summed E-state index contributed by atoms with van der Waals surface area (Å²) in [6.45, 7) is 6.55. The molecule has 1 aliphatic heterocycles. The SMILES string of the molecule is CCN(CC)C(=O)Cn1cc(C(=O)N2CC[C@H](c3cccc(Cl)c3)C2)nn1. The fourth-order valence-electron chi connectivity index (χ4n) is 3.43. The second-order valence-electron chi connectivity index (χ2n) is 6.66. The number of rotatable bonds is 6. The van der Waals surface area contributed by atoms with Gasteiger partial charge in [0.2, 0.25) is 5.91 Å². The fourth-order valence-corrected chi connectivity index (χ4v) is 3.63. The molecule has 8 heteroatoms. The zero-order valence-corrected chi connectivity index (χ0v) is 16.4. The largest absolute Gasteiger partial charge is 0.342 e. The fraction of sp³-hybridized carbons (Fsp3) is 0.474. The molecule has 144 valence electrons. The monoisotopic (exact) mass is 389 g/mol. The summed E-state index contributed by atoms with van der Waals surface area (Å²) in [7, 11) is 0. The highest BCUT2D eigenvalue weighted by Crippen LogP contribution is 2.29. The van der Waals surface area contributed by atoms with E-state index in [0.29, 0.717) is 31.2 Å². The van der Waals surface area contributed by atoms with E-state index in [2.05, 4.69) is 10.3 Å². The summed E-state index contributed by atoms with van der Waals surface area (Å²) in [4.78, 5) is 28.4. The average molecular weight is 390 g/mol. The number of carbonyl (C=O) groups is 2. The molecule has 1 aliphatic rings. The maximum absolute atomic E-state index is 12.7. The van der Waals surface area contributed by atoms with Crippen molar-refractivity contribution < 1.29 is 9.59 Å². The molecule has 1 atom stereocenters. The molecule has 0 bridgehead atoms. The van der Waals surface area contributed by atoms with Gasteiger partial charge in [-0.05, 0) is 38.0 Å². The van der Waals surface area contributed by atoms with Gasteiger partial charge in [-0.3, -0.25) is 9.59 Å². The Hall–Kier alpha value is -2.41. The van der Waals surface area contributed by atoms with Crippen molar-refractivity contribution in [1.82, 2.24) is 24.8 Å². The Morgan fingerprint density at radius 3 is 2.78 bits per heavy atom. The molecular weight excluding hydrogens is 366 g/mol. The van der Waals surface area contributed by atoms with Crippen LogP contribution in [0, 0.1) is 0 Å². The molecule has 3 rings (SSSR count). The predicted octanol–water partition coefficient (Wildman–Crippen LogP) is 2.43. The van der Waals surface area contributed by atoms with Crippen LogP contribution in [0.2, 0.25) is 5.02 Å². The van der Waals surface area contributed by atoms with Crippen LogP contribution in [0.1, 0.15) is 42.2 Å². The average Bonchev–Trinajstić information content (AvgIpc) is 3.32.